The Morgan fingerprint density at radius 2 is 1.51 bits per heavy atom. The van der Waals surface area contributed by atoms with Gasteiger partial charge in [-0.3, -0.25) is 37.0 Å². The number of rotatable bonds is 2. The predicted octanol–water partition coefficient (Wildman–Crippen LogP) is 0.511. The third kappa shape index (κ3) is 5.54. The maximum Gasteiger partial charge on any atom is 0.386 e. The van der Waals surface area contributed by atoms with Crippen molar-refractivity contribution in [3.8, 4) is 0 Å². The van der Waals surface area contributed by atoms with Crippen molar-refractivity contribution in [3.63, 3.8) is 0 Å². The van der Waals surface area contributed by atoms with E-state index < -0.39 is 81.5 Å². The average Bonchev–Trinajstić information content (AvgIpc) is 3.72. The minimum atomic E-state index is -4.39. The van der Waals surface area contributed by atoms with E-state index in [1.807, 2.05) is 0 Å². The number of nitrogen functional groups attached to an aromatic ring is 2. The Morgan fingerprint density at radius 3 is 2.22 bits per heavy atom. The van der Waals surface area contributed by atoms with Crippen LogP contribution in [0.15, 0.2) is 23.8 Å². The molecular formula is C20H23FN10O10P2S2. The summed E-state index contributed by atoms with van der Waals surface area (Å²) >= 11 is 8.03. The second kappa shape index (κ2) is 11.2. The van der Waals surface area contributed by atoms with E-state index in [9.17, 15) is 19.0 Å². The molecule has 7 heterocycles. The minimum Gasteiger partial charge on any atom is -0.386 e. The number of ether oxygens (including phenoxy) is 2. The summed E-state index contributed by atoms with van der Waals surface area (Å²) in [7, 11) is 0. The first-order valence-electron chi connectivity index (χ1n) is 12.9. The van der Waals surface area contributed by atoms with Crippen molar-refractivity contribution in [2.24, 2.45) is 0 Å². The fourth-order valence-electron chi connectivity index (χ4n) is 5.28. The lowest BCUT2D eigenvalue weighted by Crippen LogP contribution is -2.37. The number of nitrogens with zero attached hydrogens (tertiary/aromatic N) is 7. The van der Waals surface area contributed by atoms with Gasteiger partial charge in [0.15, 0.2) is 41.3 Å². The number of thiol groups is 2. The average molecular weight is 709 g/mol. The predicted molar refractivity (Wildman–Crippen MR) is 156 cm³/mol. The normalized spacial score (nSPS) is 37.7. The van der Waals surface area contributed by atoms with Gasteiger partial charge in [-0.05, 0) is 0 Å². The number of nitrogens with one attached hydrogen (secondary N) is 1. The summed E-state index contributed by atoms with van der Waals surface area (Å²) in [5.41, 5.74) is 11.0. The minimum absolute atomic E-state index is 0.0413. The monoisotopic (exact) mass is 708 g/mol. The van der Waals surface area contributed by atoms with Gasteiger partial charge >= 0.3 is 13.6 Å². The van der Waals surface area contributed by atoms with Gasteiger partial charge in [0, 0.05) is 0 Å². The van der Waals surface area contributed by atoms with Crippen molar-refractivity contribution in [2.45, 2.75) is 49.1 Å². The summed E-state index contributed by atoms with van der Waals surface area (Å²) in [4.78, 5) is 34.6. The molecule has 4 aromatic heterocycles. The van der Waals surface area contributed by atoms with Crippen molar-refractivity contribution in [3.05, 3.63) is 29.3 Å². The first-order valence-corrected chi connectivity index (χ1v) is 18.3. The van der Waals surface area contributed by atoms with Gasteiger partial charge in [-0.15, -0.1) is 0 Å². The quantitative estimate of drug-likeness (QED) is 0.122. The van der Waals surface area contributed by atoms with Crippen molar-refractivity contribution in [1.29, 1.82) is 0 Å². The highest BCUT2D eigenvalue weighted by Gasteiger charge is 2.54. The van der Waals surface area contributed by atoms with Gasteiger partial charge < -0.3 is 26.0 Å². The number of aromatic nitrogens is 8. The van der Waals surface area contributed by atoms with Gasteiger partial charge in [0.25, 0.3) is 5.56 Å². The lowest BCUT2D eigenvalue weighted by atomic mass is 10.1. The maximum atomic E-state index is 16.0. The lowest BCUT2D eigenvalue weighted by molar-refractivity contribution is -0.0555. The number of aliphatic hydroxyl groups is 1. The Morgan fingerprint density at radius 1 is 0.911 bits per heavy atom. The van der Waals surface area contributed by atoms with Crippen LogP contribution in [0.4, 0.5) is 16.2 Å². The molecule has 3 fully saturated rings. The van der Waals surface area contributed by atoms with Crippen molar-refractivity contribution < 1.29 is 46.2 Å². The Hall–Kier alpha value is -2.69. The number of alkyl halides is 1. The Balaban J connectivity index is 1.17. The van der Waals surface area contributed by atoms with Gasteiger partial charge in [0.1, 0.15) is 42.4 Å². The summed E-state index contributed by atoms with van der Waals surface area (Å²) in [6.45, 7) is -10.0. The summed E-state index contributed by atoms with van der Waals surface area (Å²) in [6.07, 6.45) is -8.65. The zero-order valence-electron chi connectivity index (χ0n) is 22.3. The van der Waals surface area contributed by atoms with Crippen LogP contribution >= 0.6 is 38.1 Å². The molecule has 0 bridgehead atoms. The lowest BCUT2D eigenvalue weighted by Gasteiger charge is -2.28. The highest BCUT2D eigenvalue weighted by atomic mass is 32.7. The van der Waals surface area contributed by atoms with E-state index >= 15 is 4.39 Å². The molecule has 1 unspecified atom stereocenters. The highest BCUT2D eigenvalue weighted by molar-refractivity contribution is 8.44. The van der Waals surface area contributed by atoms with Crippen LogP contribution in [0.1, 0.15) is 12.5 Å². The van der Waals surface area contributed by atoms with Crippen LogP contribution in [0.2, 0.25) is 0 Å². The summed E-state index contributed by atoms with van der Waals surface area (Å²) in [5, 5.41) is 11.2. The molecule has 45 heavy (non-hydrogen) atoms. The molecule has 0 aliphatic carbocycles. The van der Waals surface area contributed by atoms with Gasteiger partial charge in [0.05, 0.1) is 25.9 Å². The third-order valence-corrected chi connectivity index (χ3v) is 10.5. The fourth-order valence-corrected chi connectivity index (χ4v) is 8.25. The fraction of sp³-hybridized carbons (Fsp3) is 0.500. The van der Waals surface area contributed by atoms with E-state index in [1.165, 1.54) is 15.5 Å². The zero-order valence-corrected chi connectivity index (χ0v) is 25.9. The maximum absolute atomic E-state index is 16.0. The van der Waals surface area contributed by atoms with E-state index in [0.717, 1.165) is 12.7 Å². The van der Waals surface area contributed by atoms with Gasteiger partial charge in [0.2, 0.25) is 5.95 Å². The topological polar surface area (TPSA) is 269 Å². The van der Waals surface area contributed by atoms with Gasteiger partial charge in [-0.1, -0.05) is 24.5 Å². The second-order valence-corrected chi connectivity index (χ2v) is 15.8. The number of H-pyrrole nitrogens is 1. The van der Waals surface area contributed by atoms with Crippen LogP contribution in [0.3, 0.4) is 0 Å². The molecule has 0 spiro atoms. The molecule has 4 aromatic rings. The number of aliphatic hydroxyl groups excluding tert-OH is 1. The van der Waals surface area contributed by atoms with Crippen LogP contribution in [0.5, 0.6) is 0 Å². The third-order valence-electron chi connectivity index (χ3n) is 7.28. The van der Waals surface area contributed by atoms with E-state index in [0.29, 0.717) is 0 Å². The van der Waals surface area contributed by atoms with Gasteiger partial charge in [-0.25, -0.2) is 33.5 Å². The molecule has 10 atom stereocenters. The molecule has 25 heteroatoms. The SMILES string of the molecule is Nc1nc2c(ncn2[C@@H]2O[C@@H]3CO[P@@](=O)(S)O[C@@H]4C(CO[P@@](=O)(S)O[C@H]3[C@H]2O)O[C@@H](n2cnc3c(N)ncnc32)[C@@H]4F)c(=O)[nH]1. The molecule has 3 saturated heterocycles. The van der Waals surface area contributed by atoms with Crippen LogP contribution in [-0.4, -0.2) is 94.0 Å². The summed E-state index contributed by atoms with van der Waals surface area (Å²) < 4.78 is 78.9. The van der Waals surface area contributed by atoms with Crippen LogP contribution < -0.4 is 17.0 Å². The van der Waals surface area contributed by atoms with Crippen LogP contribution in [0.25, 0.3) is 22.3 Å². The molecule has 7 rings (SSSR count). The molecule has 0 amide bonds. The number of fused-ring (bicyclic) bond motifs is 4. The number of aromatic amines is 1. The number of anilines is 2. The van der Waals surface area contributed by atoms with E-state index in [2.05, 4.69) is 54.4 Å². The first kappa shape index (κ1) is 30.9. The molecule has 0 saturated carbocycles. The molecule has 3 aliphatic heterocycles. The van der Waals surface area contributed by atoms with Crippen LogP contribution in [-0.2, 0) is 36.7 Å². The van der Waals surface area contributed by atoms with Crippen molar-refractivity contribution >= 4 is 72.2 Å². The molecular weight excluding hydrogens is 685 g/mol. The summed E-state index contributed by atoms with van der Waals surface area (Å²) in [6, 6.07) is 0. The smallest absolute Gasteiger partial charge is 0.386 e. The van der Waals surface area contributed by atoms with Crippen molar-refractivity contribution in [1.82, 2.24) is 39.0 Å². The van der Waals surface area contributed by atoms with E-state index in [1.54, 1.807) is 0 Å². The molecule has 3 aliphatic rings. The molecule has 242 valence electrons. The standard InChI is InChI=1S/C20H23FN10O10P2S2/c21-8-12-6(38-18(8)30-4-26-9-14(22)24-3-25-15(9)30)1-36-43(35,45)41-13-7(2-37-42(34,44)40-12)39-19(11(13)32)31-5-27-10-16(31)28-20(23)29-17(10)33/h3-8,11-13,18-19,32H,1-2H2,(H,34,44)(H,35,45)(H2,22,24,25)(H3,23,28,29,33)/t6?,7-,8-,11-,12-,13-,18-,19-,42-,43-/m1/s1. The number of imidazole rings is 2. The van der Waals surface area contributed by atoms with E-state index in [-0.39, 0.29) is 34.1 Å². The molecule has 0 aromatic carbocycles. The number of hydrogen-bond donors (Lipinski definition) is 6. The van der Waals surface area contributed by atoms with Crippen LogP contribution in [0, 0.1) is 0 Å². The number of halogens is 1. The first-order chi connectivity index (χ1) is 21.3. The summed E-state index contributed by atoms with van der Waals surface area (Å²) in [5.74, 6) is -0.179. The highest BCUT2D eigenvalue weighted by Crippen LogP contribution is 2.60. The second-order valence-electron chi connectivity index (χ2n) is 10.1. The largest absolute Gasteiger partial charge is 0.386 e. The zero-order chi connectivity index (χ0) is 31.8. The number of nitrogens with two attached hydrogens (primary N) is 2. The van der Waals surface area contributed by atoms with E-state index in [4.69, 9.17) is 39.0 Å². The Bertz CT molecular complexity index is 1950. The van der Waals surface area contributed by atoms with Crippen molar-refractivity contribution in [2.75, 3.05) is 24.7 Å². The Kier molecular flexibility index (Phi) is 7.72. The number of hydrogen-bond acceptors (Lipinski definition) is 17. The Labute approximate surface area is 260 Å². The van der Waals surface area contributed by atoms with Gasteiger partial charge in [-0.2, -0.15) is 4.98 Å². The molecule has 6 N–H and O–H groups in total. The molecule has 0 radical (unpaired) electrons. The molecule has 20 nitrogen and oxygen atoms in total.